The van der Waals surface area contributed by atoms with E-state index in [1.807, 2.05) is 24.4 Å². The van der Waals surface area contributed by atoms with Crippen LogP contribution in [-0.4, -0.2) is 54.3 Å². The molecule has 0 spiro atoms. The molecule has 1 fully saturated rings. The molecule has 1 N–H and O–H groups in total. The number of carbonyl (C=O) groups is 1. The number of nitrogens with one attached hydrogen (secondary N) is 1. The summed E-state index contributed by atoms with van der Waals surface area (Å²) in [5.74, 6) is 0.721. The fraction of sp³-hybridized carbons (Fsp3) is 0.421. The number of hydrogen-bond donors (Lipinski definition) is 1. The van der Waals surface area contributed by atoms with E-state index in [9.17, 15) is 4.79 Å². The summed E-state index contributed by atoms with van der Waals surface area (Å²) in [6.45, 7) is 3.37. The Kier molecular flexibility index (Phi) is 5.27. The van der Waals surface area contributed by atoms with Gasteiger partial charge >= 0.3 is 5.97 Å². The Balaban J connectivity index is 1.43. The normalized spacial score (nSPS) is 16.2. The molecule has 3 heterocycles. The topological polar surface area (TPSA) is 57.7 Å². The molecule has 142 valence electrons. The molecule has 0 saturated carbocycles. The molecule has 0 amide bonds. The fourth-order valence-corrected chi connectivity index (χ4v) is 5.29. The highest BCUT2D eigenvalue weighted by atomic mass is 32.1. The first-order chi connectivity index (χ1) is 13.2. The van der Waals surface area contributed by atoms with Crippen LogP contribution in [0.3, 0.4) is 0 Å². The lowest BCUT2D eigenvalue weighted by Crippen LogP contribution is -2.50. The number of anilines is 2. The van der Waals surface area contributed by atoms with E-state index < -0.39 is 0 Å². The molecular formula is C19H22N4O2S2. The van der Waals surface area contributed by atoms with Gasteiger partial charge in [-0.25, -0.2) is 9.78 Å². The van der Waals surface area contributed by atoms with E-state index in [4.69, 9.17) is 17.0 Å². The summed E-state index contributed by atoms with van der Waals surface area (Å²) >= 11 is 7.27. The summed E-state index contributed by atoms with van der Waals surface area (Å²) in [4.78, 5) is 22.4. The molecule has 8 heteroatoms. The Hall–Kier alpha value is -2.19. The molecule has 1 saturated heterocycles. The summed E-state index contributed by atoms with van der Waals surface area (Å²) in [5, 5.41) is 4.81. The summed E-state index contributed by atoms with van der Waals surface area (Å²) in [7, 11) is 1.43. The van der Waals surface area contributed by atoms with Crippen molar-refractivity contribution in [3.05, 3.63) is 40.4 Å². The van der Waals surface area contributed by atoms with Gasteiger partial charge in [0.1, 0.15) is 10.8 Å². The van der Waals surface area contributed by atoms with E-state index in [2.05, 4.69) is 20.1 Å². The second-order valence-electron chi connectivity index (χ2n) is 6.65. The molecule has 2 aromatic heterocycles. The van der Waals surface area contributed by atoms with Gasteiger partial charge in [0.05, 0.1) is 12.7 Å². The molecule has 1 aliphatic carbocycles. The van der Waals surface area contributed by atoms with Gasteiger partial charge in [0.25, 0.3) is 0 Å². The Morgan fingerprint density at radius 3 is 2.78 bits per heavy atom. The van der Waals surface area contributed by atoms with Crippen LogP contribution in [-0.2, 0) is 17.6 Å². The van der Waals surface area contributed by atoms with Gasteiger partial charge in [0, 0.05) is 37.3 Å². The highest BCUT2D eigenvalue weighted by molar-refractivity contribution is 7.80. The Bertz CT molecular complexity index is 845. The standard InChI is InChI=1S/C19H22N4O2S2/c1-25-18(24)16-13-5-4-6-14(13)27-17(16)21-19(26)23-11-9-22(10-12-23)15-7-2-3-8-20-15/h2-3,7-8H,4-6,9-12H2,1H3,(H,21,26). The van der Waals surface area contributed by atoms with E-state index >= 15 is 0 Å². The molecular weight excluding hydrogens is 380 g/mol. The highest BCUT2D eigenvalue weighted by Gasteiger charge is 2.28. The smallest absolute Gasteiger partial charge is 0.341 e. The minimum Gasteiger partial charge on any atom is -0.465 e. The van der Waals surface area contributed by atoms with Crippen LogP contribution in [0, 0.1) is 0 Å². The van der Waals surface area contributed by atoms with Gasteiger partial charge in [-0.15, -0.1) is 11.3 Å². The third-order valence-corrected chi connectivity index (χ3v) is 6.64. The average Bonchev–Trinajstić information content (AvgIpc) is 3.29. The number of carbonyl (C=O) groups excluding carboxylic acids is 1. The lowest BCUT2D eigenvalue weighted by atomic mass is 10.1. The predicted molar refractivity (Wildman–Crippen MR) is 112 cm³/mol. The SMILES string of the molecule is COC(=O)c1c(NC(=S)N2CCN(c3ccccn3)CC2)sc2c1CCC2. The number of thiocarbonyl (C=S) groups is 1. The lowest BCUT2D eigenvalue weighted by molar-refractivity contribution is 0.0601. The first-order valence-electron chi connectivity index (χ1n) is 9.12. The molecule has 0 unspecified atom stereocenters. The van der Waals surface area contributed by atoms with Crippen molar-refractivity contribution in [3.63, 3.8) is 0 Å². The number of methoxy groups -OCH3 is 1. The molecule has 1 aliphatic heterocycles. The van der Waals surface area contributed by atoms with Crippen molar-refractivity contribution in [2.24, 2.45) is 0 Å². The molecule has 0 aromatic carbocycles. The number of nitrogens with zero attached hydrogens (tertiary/aromatic N) is 3. The third-order valence-electron chi connectivity index (χ3n) is 5.07. The number of esters is 1. The molecule has 2 aromatic rings. The van der Waals surface area contributed by atoms with Crippen molar-refractivity contribution in [1.82, 2.24) is 9.88 Å². The maximum atomic E-state index is 12.3. The molecule has 0 radical (unpaired) electrons. The van der Waals surface area contributed by atoms with Crippen molar-refractivity contribution in [3.8, 4) is 0 Å². The van der Waals surface area contributed by atoms with Gasteiger partial charge in [0.15, 0.2) is 5.11 Å². The van der Waals surface area contributed by atoms with E-state index in [1.54, 1.807) is 11.3 Å². The van der Waals surface area contributed by atoms with Crippen LogP contribution in [0.1, 0.15) is 27.2 Å². The summed E-state index contributed by atoms with van der Waals surface area (Å²) in [5.41, 5.74) is 1.81. The number of thiophene rings is 1. The summed E-state index contributed by atoms with van der Waals surface area (Å²) < 4.78 is 5.01. The van der Waals surface area contributed by atoms with Crippen LogP contribution in [0.25, 0.3) is 0 Å². The van der Waals surface area contributed by atoms with Crippen molar-refractivity contribution in [2.75, 3.05) is 43.5 Å². The largest absolute Gasteiger partial charge is 0.465 e. The number of hydrogen-bond acceptors (Lipinski definition) is 6. The van der Waals surface area contributed by atoms with Crippen LogP contribution in [0.5, 0.6) is 0 Å². The minimum absolute atomic E-state index is 0.278. The molecule has 6 nitrogen and oxygen atoms in total. The zero-order chi connectivity index (χ0) is 18.8. The highest BCUT2D eigenvalue weighted by Crippen LogP contribution is 2.39. The van der Waals surface area contributed by atoms with Crippen molar-refractivity contribution in [2.45, 2.75) is 19.3 Å². The quantitative estimate of drug-likeness (QED) is 0.626. The number of piperazine rings is 1. The Morgan fingerprint density at radius 1 is 1.26 bits per heavy atom. The maximum Gasteiger partial charge on any atom is 0.341 e. The number of ether oxygens (including phenoxy) is 1. The Labute approximate surface area is 168 Å². The van der Waals surface area contributed by atoms with Crippen LogP contribution in [0.15, 0.2) is 24.4 Å². The van der Waals surface area contributed by atoms with Crippen LogP contribution in [0.2, 0.25) is 0 Å². The van der Waals surface area contributed by atoms with Gasteiger partial charge in [0.2, 0.25) is 0 Å². The van der Waals surface area contributed by atoms with E-state index in [1.165, 1.54) is 12.0 Å². The zero-order valence-electron chi connectivity index (χ0n) is 15.2. The third kappa shape index (κ3) is 3.64. The summed E-state index contributed by atoms with van der Waals surface area (Å²) in [6.07, 6.45) is 4.89. The number of pyridine rings is 1. The molecule has 0 bridgehead atoms. The van der Waals surface area contributed by atoms with Crippen molar-refractivity contribution < 1.29 is 9.53 Å². The van der Waals surface area contributed by atoms with E-state index in [-0.39, 0.29) is 5.97 Å². The van der Waals surface area contributed by atoms with Crippen LogP contribution < -0.4 is 10.2 Å². The van der Waals surface area contributed by atoms with Gasteiger partial charge < -0.3 is 19.9 Å². The fourth-order valence-electron chi connectivity index (χ4n) is 3.67. The lowest BCUT2D eigenvalue weighted by Gasteiger charge is -2.36. The molecule has 4 rings (SSSR count). The van der Waals surface area contributed by atoms with Crippen molar-refractivity contribution >= 4 is 45.5 Å². The van der Waals surface area contributed by atoms with Gasteiger partial charge in [-0.05, 0) is 49.2 Å². The maximum absolute atomic E-state index is 12.3. The average molecular weight is 403 g/mol. The molecule has 27 heavy (non-hydrogen) atoms. The van der Waals surface area contributed by atoms with E-state index in [0.717, 1.165) is 61.8 Å². The Morgan fingerprint density at radius 2 is 2.07 bits per heavy atom. The van der Waals surface area contributed by atoms with Gasteiger partial charge in [-0.2, -0.15) is 0 Å². The van der Waals surface area contributed by atoms with Crippen LogP contribution >= 0.6 is 23.6 Å². The first-order valence-corrected chi connectivity index (χ1v) is 10.3. The number of fused-ring (bicyclic) bond motifs is 1. The summed E-state index contributed by atoms with van der Waals surface area (Å²) in [6, 6.07) is 5.96. The minimum atomic E-state index is -0.278. The second-order valence-corrected chi connectivity index (χ2v) is 8.14. The molecule has 0 atom stereocenters. The second kappa shape index (κ2) is 7.82. The zero-order valence-corrected chi connectivity index (χ0v) is 16.9. The number of aromatic nitrogens is 1. The monoisotopic (exact) mass is 402 g/mol. The van der Waals surface area contributed by atoms with Crippen molar-refractivity contribution in [1.29, 1.82) is 0 Å². The first kappa shape index (κ1) is 18.2. The predicted octanol–water partition coefficient (Wildman–Crippen LogP) is 2.94. The van der Waals surface area contributed by atoms with Crippen LogP contribution in [0.4, 0.5) is 10.8 Å². The number of rotatable bonds is 3. The van der Waals surface area contributed by atoms with E-state index in [0.29, 0.717) is 10.7 Å². The van der Waals surface area contributed by atoms with Gasteiger partial charge in [-0.1, -0.05) is 6.07 Å². The van der Waals surface area contributed by atoms with Gasteiger partial charge in [-0.3, -0.25) is 0 Å². The number of aryl methyl sites for hydroxylation is 1. The molecule has 2 aliphatic rings.